The van der Waals surface area contributed by atoms with Gasteiger partial charge in [-0.05, 0) is 12.8 Å². The monoisotopic (exact) mass is 140 g/mol. The molecule has 0 aliphatic rings. The van der Waals surface area contributed by atoms with Gasteiger partial charge in [-0.3, -0.25) is 0 Å². The summed E-state index contributed by atoms with van der Waals surface area (Å²) in [4.78, 5) is 0. The van der Waals surface area contributed by atoms with E-state index in [4.69, 9.17) is 10.8 Å². The Morgan fingerprint density at radius 2 is 1.80 bits per heavy atom. The van der Waals surface area contributed by atoms with Crippen molar-refractivity contribution in [1.82, 2.24) is 0 Å². The largest absolute Gasteiger partial charge is 0.103 e. The second-order valence-corrected chi connectivity index (χ2v) is 2.14. The summed E-state index contributed by atoms with van der Waals surface area (Å²) < 4.78 is 0. The van der Waals surface area contributed by atoms with Crippen LogP contribution in [-0.4, -0.2) is 0 Å². The van der Waals surface area contributed by atoms with Gasteiger partial charge in [-0.1, -0.05) is 32.3 Å². The van der Waals surface area contributed by atoms with Gasteiger partial charge in [0.2, 0.25) is 0 Å². The first-order valence-corrected chi connectivity index (χ1v) is 3.72. The van der Waals surface area contributed by atoms with E-state index in [1.165, 1.54) is 32.1 Å². The van der Waals surface area contributed by atoms with Gasteiger partial charge < -0.3 is 0 Å². The maximum atomic E-state index is 6.00. The molecule has 0 N–H and O–H groups in total. The fourth-order valence-corrected chi connectivity index (χ4v) is 0.715. The molecule has 0 amide bonds. The summed E-state index contributed by atoms with van der Waals surface area (Å²) in [5, 5.41) is 12.0. The van der Waals surface area contributed by atoms with Crippen LogP contribution in [0.3, 0.4) is 0 Å². The van der Waals surface area contributed by atoms with Gasteiger partial charge in [0.05, 0.1) is 0 Å². The van der Waals surface area contributed by atoms with E-state index in [0.717, 1.165) is 0 Å². The standard InChI is InChI=1S/C8H16.N2/c1-3-5-7-8-6-4-2;1-2/h3H,1,4-8H2,2H3;. The average Bonchev–Trinajstić information content (AvgIpc) is 2.02. The third-order valence-corrected chi connectivity index (χ3v) is 1.26. The number of rotatable bonds is 5. The van der Waals surface area contributed by atoms with Crippen LogP contribution in [0.25, 0.3) is 0 Å². The van der Waals surface area contributed by atoms with Crippen molar-refractivity contribution >= 4 is 0 Å². The van der Waals surface area contributed by atoms with Gasteiger partial charge in [-0.15, -0.1) is 6.58 Å². The maximum Gasteiger partial charge on any atom is 0 e. The van der Waals surface area contributed by atoms with E-state index < -0.39 is 0 Å². The molecule has 0 aromatic carbocycles. The molecule has 58 valence electrons. The van der Waals surface area contributed by atoms with E-state index in [1.54, 1.807) is 0 Å². The lowest BCUT2D eigenvalue weighted by atomic mass is 10.2. The van der Waals surface area contributed by atoms with Crippen LogP contribution in [0, 0.1) is 10.8 Å². The van der Waals surface area contributed by atoms with Crippen molar-refractivity contribution in [2.24, 2.45) is 0 Å². The van der Waals surface area contributed by atoms with Crippen LogP contribution in [0.5, 0.6) is 0 Å². The first kappa shape index (κ1) is 11.9. The second kappa shape index (κ2) is 15.7. The van der Waals surface area contributed by atoms with Crippen molar-refractivity contribution < 1.29 is 0 Å². The Labute approximate surface area is 63.4 Å². The highest BCUT2D eigenvalue weighted by molar-refractivity contribution is 4.64. The molecule has 0 aromatic heterocycles. The number of hydrogen-bond donors (Lipinski definition) is 0. The van der Waals surface area contributed by atoms with Crippen LogP contribution in [0.4, 0.5) is 0 Å². The second-order valence-electron chi connectivity index (χ2n) is 2.14. The maximum absolute atomic E-state index is 6.00. The minimum Gasteiger partial charge on any atom is -0.103 e. The van der Waals surface area contributed by atoms with E-state index in [-0.39, 0.29) is 0 Å². The zero-order valence-corrected chi connectivity index (χ0v) is 6.71. The highest BCUT2D eigenvalue weighted by Crippen LogP contribution is 2.01. The summed E-state index contributed by atoms with van der Waals surface area (Å²) in [5.41, 5.74) is 0. The van der Waals surface area contributed by atoms with E-state index in [2.05, 4.69) is 13.5 Å². The summed E-state index contributed by atoms with van der Waals surface area (Å²) in [5.74, 6) is 0. The molecule has 10 heavy (non-hydrogen) atoms. The Bertz CT molecular complexity index is 76.6. The molecule has 0 aliphatic carbocycles. The van der Waals surface area contributed by atoms with Crippen LogP contribution >= 0.6 is 0 Å². The van der Waals surface area contributed by atoms with E-state index in [1.807, 2.05) is 6.08 Å². The quantitative estimate of drug-likeness (QED) is 0.334. The lowest BCUT2D eigenvalue weighted by Crippen LogP contribution is -1.71. The molecule has 0 heterocycles. The Morgan fingerprint density at radius 3 is 2.20 bits per heavy atom. The first-order valence-electron chi connectivity index (χ1n) is 3.72. The van der Waals surface area contributed by atoms with E-state index >= 15 is 0 Å². The van der Waals surface area contributed by atoms with Crippen molar-refractivity contribution in [3.8, 4) is 0 Å². The molecule has 0 fully saturated rings. The molecule has 0 spiro atoms. The molecule has 0 radical (unpaired) electrons. The summed E-state index contributed by atoms with van der Waals surface area (Å²) >= 11 is 0. The minimum atomic E-state index is 1.19. The third-order valence-electron chi connectivity index (χ3n) is 1.26. The first-order chi connectivity index (χ1) is 4.91. The van der Waals surface area contributed by atoms with Crippen LogP contribution in [-0.2, 0) is 0 Å². The lowest BCUT2D eigenvalue weighted by molar-refractivity contribution is 0.675. The van der Waals surface area contributed by atoms with Crippen molar-refractivity contribution in [1.29, 1.82) is 10.8 Å². The van der Waals surface area contributed by atoms with Crippen molar-refractivity contribution in [3.63, 3.8) is 0 Å². The smallest absolute Gasteiger partial charge is 0 e. The molecule has 2 heteroatoms. The van der Waals surface area contributed by atoms with Gasteiger partial charge in [-0.25, -0.2) is 0 Å². The SMILES string of the molecule is C=CCCCCCC.N#N. The Hall–Kier alpha value is -0.840. The molecule has 0 atom stereocenters. The molecular formula is C8H16N2. The Kier molecular flexibility index (Phi) is 18.7. The van der Waals surface area contributed by atoms with Crippen molar-refractivity contribution in [2.75, 3.05) is 0 Å². The highest BCUT2D eigenvalue weighted by atomic mass is 14.6. The summed E-state index contributed by atoms with van der Waals surface area (Å²) in [6.07, 6.45) is 8.61. The molecule has 2 nitrogen and oxygen atoms in total. The van der Waals surface area contributed by atoms with Crippen molar-refractivity contribution in [3.05, 3.63) is 12.7 Å². The number of hydrogen-bond acceptors (Lipinski definition) is 2. The fourth-order valence-electron chi connectivity index (χ4n) is 0.715. The normalized spacial score (nSPS) is 7.50. The van der Waals surface area contributed by atoms with Crippen LogP contribution in [0.1, 0.15) is 39.0 Å². The number of nitrogens with zero attached hydrogens (tertiary/aromatic N) is 2. The predicted octanol–water partition coefficient (Wildman–Crippen LogP) is 3.17. The van der Waals surface area contributed by atoms with E-state index in [9.17, 15) is 0 Å². The van der Waals surface area contributed by atoms with Crippen LogP contribution in [0.2, 0.25) is 0 Å². The topological polar surface area (TPSA) is 47.6 Å². The van der Waals surface area contributed by atoms with Crippen LogP contribution < -0.4 is 0 Å². The Morgan fingerprint density at radius 1 is 1.20 bits per heavy atom. The molecule has 0 saturated carbocycles. The molecule has 0 unspecified atom stereocenters. The lowest BCUT2D eigenvalue weighted by Gasteiger charge is -1.91. The summed E-state index contributed by atoms with van der Waals surface area (Å²) in [7, 11) is 0. The van der Waals surface area contributed by atoms with Crippen LogP contribution in [0.15, 0.2) is 12.7 Å². The van der Waals surface area contributed by atoms with E-state index in [0.29, 0.717) is 0 Å². The number of unbranched alkanes of at least 4 members (excludes halogenated alkanes) is 4. The minimum absolute atomic E-state index is 1.19. The highest BCUT2D eigenvalue weighted by Gasteiger charge is 1.81. The zero-order valence-electron chi connectivity index (χ0n) is 6.71. The van der Waals surface area contributed by atoms with Gasteiger partial charge in [0, 0.05) is 10.8 Å². The van der Waals surface area contributed by atoms with Gasteiger partial charge >= 0.3 is 0 Å². The molecule has 0 aliphatic heterocycles. The summed E-state index contributed by atoms with van der Waals surface area (Å²) in [6.45, 7) is 5.89. The zero-order chi connectivity index (χ0) is 8.24. The van der Waals surface area contributed by atoms with Gasteiger partial charge in [0.15, 0.2) is 0 Å². The predicted molar refractivity (Wildman–Crippen MR) is 42.4 cm³/mol. The molecular weight excluding hydrogens is 124 g/mol. The molecule has 0 aromatic rings. The fraction of sp³-hybridized carbons (Fsp3) is 0.750. The van der Waals surface area contributed by atoms with Gasteiger partial charge in [0.1, 0.15) is 0 Å². The average molecular weight is 140 g/mol. The summed E-state index contributed by atoms with van der Waals surface area (Å²) in [6, 6.07) is 0. The molecule has 0 saturated heterocycles. The third kappa shape index (κ3) is 15.7. The molecule has 0 bridgehead atoms. The number of allylic oxidation sites excluding steroid dienone is 1. The Balaban J connectivity index is 0. The molecule has 0 rings (SSSR count). The van der Waals surface area contributed by atoms with Crippen molar-refractivity contribution in [2.45, 2.75) is 39.0 Å². The van der Waals surface area contributed by atoms with Gasteiger partial charge in [0.25, 0.3) is 0 Å². The van der Waals surface area contributed by atoms with Gasteiger partial charge in [-0.2, -0.15) is 0 Å².